The molecule has 11 heteroatoms. The third-order valence-electron chi connectivity index (χ3n) is 4.04. The molecule has 0 atom stereocenters. The summed E-state index contributed by atoms with van der Waals surface area (Å²) in [6.45, 7) is 0.112. The first-order valence-corrected chi connectivity index (χ1v) is 10.4. The Morgan fingerprint density at radius 3 is 2.39 bits per heavy atom. The summed E-state index contributed by atoms with van der Waals surface area (Å²) in [4.78, 5) is 24.4. The van der Waals surface area contributed by atoms with E-state index in [4.69, 9.17) is 19.0 Å². The molecule has 0 saturated heterocycles. The summed E-state index contributed by atoms with van der Waals surface area (Å²) in [5.41, 5.74) is 4.22. The number of hydrogen-bond acceptors (Lipinski definition) is 7. The summed E-state index contributed by atoms with van der Waals surface area (Å²) >= 11 is 0. The molecule has 0 aliphatic heterocycles. The van der Waals surface area contributed by atoms with Crippen molar-refractivity contribution in [3.63, 3.8) is 0 Å². The highest BCUT2D eigenvalue weighted by atomic mass is 32.2. The van der Waals surface area contributed by atoms with E-state index in [0.717, 1.165) is 6.07 Å². The Hall–Kier alpha value is -3.83. The van der Waals surface area contributed by atoms with Crippen molar-refractivity contribution in [3.05, 3.63) is 77.7 Å². The zero-order valence-corrected chi connectivity index (χ0v) is 17.1. The molecule has 2 amide bonds. The minimum Gasteiger partial charge on any atom is -0.496 e. The molecule has 1 heterocycles. The van der Waals surface area contributed by atoms with Gasteiger partial charge in [-0.1, -0.05) is 18.2 Å². The number of primary sulfonamides is 1. The largest absolute Gasteiger partial charge is 0.496 e. The van der Waals surface area contributed by atoms with E-state index in [2.05, 4.69) is 10.9 Å². The lowest BCUT2D eigenvalue weighted by atomic mass is 10.2. The van der Waals surface area contributed by atoms with Crippen LogP contribution in [0.5, 0.6) is 11.5 Å². The molecule has 162 valence electrons. The van der Waals surface area contributed by atoms with Crippen LogP contribution in [0.2, 0.25) is 0 Å². The molecule has 0 unspecified atom stereocenters. The van der Waals surface area contributed by atoms with Crippen molar-refractivity contribution in [2.45, 2.75) is 11.5 Å². The maximum atomic E-state index is 12.4. The van der Waals surface area contributed by atoms with E-state index in [1.807, 2.05) is 18.2 Å². The Labute approximate surface area is 178 Å². The lowest BCUT2D eigenvalue weighted by Crippen LogP contribution is -2.41. The second kappa shape index (κ2) is 9.32. The fourth-order valence-corrected chi connectivity index (χ4v) is 3.07. The first-order chi connectivity index (χ1) is 14.8. The van der Waals surface area contributed by atoms with Gasteiger partial charge in [-0.3, -0.25) is 20.4 Å². The average Bonchev–Trinajstić information content (AvgIpc) is 3.24. The molecule has 0 saturated carbocycles. The van der Waals surface area contributed by atoms with E-state index in [-0.39, 0.29) is 28.6 Å². The van der Waals surface area contributed by atoms with Crippen LogP contribution in [-0.2, 0) is 16.6 Å². The number of amides is 2. The molecule has 10 nitrogen and oxygen atoms in total. The number of nitrogens with two attached hydrogens (primary N) is 1. The summed E-state index contributed by atoms with van der Waals surface area (Å²) in [7, 11) is -2.72. The average molecular weight is 445 g/mol. The van der Waals surface area contributed by atoms with Crippen LogP contribution in [0, 0.1) is 0 Å². The second-order valence-electron chi connectivity index (χ2n) is 6.18. The van der Waals surface area contributed by atoms with Crippen molar-refractivity contribution in [1.29, 1.82) is 0 Å². The molecular formula is C20H19N3O7S. The number of benzene rings is 2. The van der Waals surface area contributed by atoms with Gasteiger partial charge in [0, 0.05) is 0 Å². The molecular weight excluding hydrogens is 426 g/mol. The fraction of sp³-hybridized carbons (Fsp3) is 0.100. The molecule has 0 radical (unpaired) electrons. The van der Waals surface area contributed by atoms with Gasteiger partial charge in [0.25, 0.3) is 5.91 Å². The predicted octanol–water partition coefficient (Wildman–Crippen LogP) is 1.59. The maximum Gasteiger partial charge on any atom is 0.305 e. The van der Waals surface area contributed by atoms with Gasteiger partial charge in [0.05, 0.1) is 17.6 Å². The van der Waals surface area contributed by atoms with Gasteiger partial charge < -0.3 is 13.9 Å². The fourth-order valence-electron chi connectivity index (χ4n) is 2.53. The van der Waals surface area contributed by atoms with E-state index in [1.54, 1.807) is 18.2 Å². The van der Waals surface area contributed by atoms with Crippen LogP contribution in [0.25, 0.3) is 0 Å². The SMILES string of the molecule is COc1ccc(S(N)(=O)=O)cc1C(=O)NNC(=O)c1ccc(COc2ccccc2)o1. The van der Waals surface area contributed by atoms with Crippen molar-refractivity contribution in [2.24, 2.45) is 5.14 Å². The molecule has 31 heavy (non-hydrogen) atoms. The molecule has 3 aromatic rings. The van der Waals surface area contributed by atoms with E-state index in [0.29, 0.717) is 11.5 Å². The van der Waals surface area contributed by atoms with Crippen LogP contribution in [0.1, 0.15) is 26.7 Å². The Balaban J connectivity index is 1.62. The number of sulfonamides is 1. The van der Waals surface area contributed by atoms with Crippen molar-refractivity contribution in [3.8, 4) is 11.5 Å². The number of furan rings is 1. The van der Waals surface area contributed by atoms with Crippen molar-refractivity contribution in [1.82, 2.24) is 10.9 Å². The first-order valence-electron chi connectivity index (χ1n) is 8.86. The summed E-state index contributed by atoms with van der Waals surface area (Å²) in [5, 5.41) is 5.09. The number of para-hydroxylation sites is 1. The number of ether oxygens (including phenoxy) is 2. The third kappa shape index (κ3) is 5.62. The van der Waals surface area contributed by atoms with Gasteiger partial charge in [-0.25, -0.2) is 13.6 Å². The highest BCUT2D eigenvalue weighted by Gasteiger charge is 2.19. The Morgan fingerprint density at radius 1 is 1.00 bits per heavy atom. The zero-order chi connectivity index (χ0) is 22.4. The van der Waals surface area contributed by atoms with Crippen LogP contribution in [0.3, 0.4) is 0 Å². The van der Waals surface area contributed by atoms with Gasteiger partial charge in [-0.05, 0) is 42.5 Å². The highest BCUT2D eigenvalue weighted by molar-refractivity contribution is 7.89. The number of carbonyl (C=O) groups is 2. The molecule has 4 N–H and O–H groups in total. The number of carbonyl (C=O) groups excluding carboxylic acids is 2. The van der Waals surface area contributed by atoms with Crippen LogP contribution in [0.4, 0.5) is 0 Å². The Morgan fingerprint density at radius 2 is 1.71 bits per heavy atom. The number of methoxy groups -OCH3 is 1. The smallest absolute Gasteiger partial charge is 0.305 e. The van der Waals surface area contributed by atoms with Gasteiger partial charge in [-0.15, -0.1) is 0 Å². The number of hydrogen-bond donors (Lipinski definition) is 3. The second-order valence-corrected chi connectivity index (χ2v) is 7.74. The van der Waals surface area contributed by atoms with Crippen molar-refractivity contribution >= 4 is 21.8 Å². The zero-order valence-electron chi connectivity index (χ0n) is 16.3. The van der Waals surface area contributed by atoms with Crippen LogP contribution in [-0.4, -0.2) is 27.3 Å². The number of rotatable bonds is 7. The van der Waals surface area contributed by atoms with Crippen LogP contribution >= 0.6 is 0 Å². The molecule has 0 spiro atoms. The van der Waals surface area contributed by atoms with E-state index in [1.165, 1.54) is 25.3 Å². The van der Waals surface area contributed by atoms with Gasteiger partial charge in [0.15, 0.2) is 5.76 Å². The Bertz CT molecular complexity index is 1190. The summed E-state index contributed by atoms with van der Waals surface area (Å²) in [6, 6.07) is 15.6. The monoisotopic (exact) mass is 445 g/mol. The molecule has 1 aromatic heterocycles. The molecule has 0 aliphatic rings. The maximum absolute atomic E-state index is 12.4. The predicted molar refractivity (Wildman–Crippen MR) is 109 cm³/mol. The highest BCUT2D eigenvalue weighted by Crippen LogP contribution is 2.21. The van der Waals surface area contributed by atoms with Gasteiger partial charge in [0.1, 0.15) is 23.9 Å². The Kier molecular flexibility index (Phi) is 6.58. The molecule has 2 aromatic carbocycles. The summed E-state index contributed by atoms with van der Waals surface area (Å²) < 4.78 is 39.0. The van der Waals surface area contributed by atoms with Crippen LogP contribution in [0.15, 0.2) is 70.0 Å². The number of nitrogens with one attached hydrogen (secondary N) is 2. The number of hydrazine groups is 1. The minimum atomic E-state index is -4.03. The summed E-state index contributed by atoms with van der Waals surface area (Å²) in [6.07, 6.45) is 0. The lowest BCUT2D eigenvalue weighted by molar-refractivity contribution is 0.0827. The van der Waals surface area contributed by atoms with E-state index >= 15 is 0 Å². The summed E-state index contributed by atoms with van der Waals surface area (Å²) in [5.74, 6) is -0.443. The van der Waals surface area contributed by atoms with E-state index < -0.39 is 21.8 Å². The molecule has 0 fully saturated rings. The van der Waals surface area contributed by atoms with Crippen LogP contribution < -0.4 is 25.5 Å². The van der Waals surface area contributed by atoms with Crippen molar-refractivity contribution < 1.29 is 31.9 Å². The molecule has 0 aliphatic carbocycles. The quantitative estimate of drug-likeness (QED) is 0.467. The van der Waals surface area contributed by atoms with Gasteiger partial charge in [0.2, 0.25) is 10.0 Å². The van der Waals surface area contributed by atoms with Gasteiger partial charge >= 0.3 is 5.91 Å². The standard InChI is InChI=1S/C20H19N3O7S/c1-28-17-10-8-15(31(21,26)27)11-16(17)19(24)22-23-20(25)18-9-7-14(30-18)12-29-13-5-3-2-4-6-13/h2-11H,12H2,1H3,(H,22,24)(H,23,25)(H2,21,26,27). The van der Waals surface area contributed by atoms with Crippen molar-refractivity contribution in [2.75, 3.05) is 7.11 Å². The molecule has 3 rings (SSSR count). The normalized spacial score (nSPS) is 10.9. The first kappa shape index (κ1) is 21.9. The lowest BCUT2D eigenvalue weighted by Gasteiger charge is -2.11. The van der Waals surface area contributed by atoms with Gasteiger partial charge in [-0.2, -0.15) is 0 Å². The topological polar surface area (TPSA) is 150 Å². The van der Waals surface area contributed by atoms with E-state index in [9.17, 15) is 18.0 Å². The third-order valence-corrected chi connectivity index (χ3v) is 4.95. The molecule has 0 bridgehead atoms. The minimum absolute atomic E-state index is 0.0581.